The van der Waals surface area contributed by atoms with Crippen molar-refractivity contribution in [1.82, 2.24) is 4.90 Å². The number of carbonyl (C=O) groups excluding carboxylic acids is 1. The second kappa shape index (κ2) is 8.17. The maximum absolute atomic E-state index is 12.3. The Bertz CT molecular complexity index is 583. The van der Waals surface area contributed by atoms with Gasteiger partial charge in [0, 0.05) is 22.7 Å². The topological polar surface area (TPSA) is 20.3 Å². The van der Waals surface area contributed by atoms with E-state index >= 15 is 0 Å². The Morgan fingerprint density at radius 2 is 1.81 bits per heavy atom. The van der Waals surface area contributed by atoms with Gasteiger partial charge in [-0.05, 0) is 65.6 Å². The molecule has 0 spiro atoms. The number of carbonyl (C=O) groups is 1. The van der Waals surface area contributed by atoms with Gasteiger partial charge in [0.2, 0.25) is 0 Å². The number of amides is 1. The molecule has 0 aromatic heterocycles. The van der Waals surface area contributed by atoms with Crippen molar-refractivity contribution in [1.29, 1.82) is 0 Å². The van der Waals surface area contributed by atoms with Gasteiger partial charge in [0.15, 0.2) is 0 Å². The van der Waals surface area contributed by atoms with Crippen LogP contribution in [0.5, 0.6) is 0 Å². The summed E-state index contributed by atoms with van der Waals surface area (Å²) < 4.78 is 1.09. The van der Waals surface area contributed by atoms with Crippen LogP contribution in [0.2, 0.25) is 0 Å². The van der Waals surface area contributed by atoms with Gasteiger partial charge in [-0.15, -0.1) is 0 Å². The Kier molecular flexibility index (Phi) is 6.23. The minimum absolute atomic E-state index is 0.105. The predicted molar refractivity (Wildman–Crippen MR) is 95.5 cm³/mol. The monoisotopic (exact) mass is 393 g/mol. The average molecular weight is 393 g/mol. The molecule has 0 fully saturated rings. The number of aryl methyl sites for hydroxylation is 1. The zero-order chi connectivity index (χ0) is 15.1. The number of nitrogens with zero attached hydrogens (tertiary/aromatic N) is 1. The fourth-order valence-electron chi connectivity index (χ4n) is 2.27. The Labute approximate surface area is 140 Å². The molecule has 2 nitrogen and oxygen atoms in total. The van der Waals surface area contributed by atoms with Crippen molar-refractivity contribution in [3.05, 3.63) is 69.3 Å². The minimum Gasteiger partial charge on any atom is -0.342 e. The van der Waals surface area contributed by atoms with Gasteiger partial charge >= 0.3 is 0 Å². The Hall–Kier alpha value is -1.36. The summed E-state index contributed by atoms with van der Waals surface area (Å²) in [5.74, 6) is 0.105. The van der Waals surface area contributed by atoms with Crippen LogP contribution in [-0.4, -0.2) is 24.4 Å². The molecular formula is C18H20INO. The molecule has 0 saturated carbocycles. The molecule has 0 bridgehead atoms. The molecule has 2 aromatic rings. The van der Waals surface area contributed by atoms with Gasteiger partial charge in [0.1, 0.15) is 0 Å². The standard InChI is InChI=1S/C18H20INO/c1-20(18(21)16-11-7-12-17(19)14-16)13-6-5-10-15-8-3-2-4-9-15/h2-4,7-9,11-12,14H,5-6,10,13H2,1H3. The summed E-state index contributed by atoms with van der Waals surface area (Å²) in [5.41, 5.74) is 2.14. The molecule has 0 atom stereocenters. The molecule has 3 heteroatoms. The second-order valence-corrected chi connectivity index (χ2v) is 6.43. The first-order valence-corrected chi connectivity index (χ1v) is 8.29. The maximum Gasteiger partial charge on any atom is 0.253 e. The number of hydrogen-bond donors (Lipinski definition) is 0. The van der Waals surface area contributed by atoms with E-state index in [0.29, 0.717) is 0 Å². The lowest BCUT2D eigenvalue weighted by molar-refractivity contribution is 0.0793. The summed E-state index contributed by atoms with van der Waals surface area (Å²) in [6, 6.07) is 18.2. The molecule has 0 N–H and O–H groups in total. The van der Waals surface area contributed by atoms with E-state index in [0.717, 1.165) is 34.9 Å². The first kappa shape index (κ1) is 16.0. The summed E-state index contributed by atoms with van der Waals surface area (Å²) in [5, 5.41) is 0. The Balaban J connectivity index is 1.76. The van der Waals surface area contributed by atoms with Crippen molar-refractivity contribution in [3.63, 3.8) is 0 Å². The molecule has 2 rings (SSSR count). The van der Waals surface area contributed by atoms with Crippen molar-refractivity contribution in [3.8, 4) is 0 Å². The molecule has 0 aliphatic heterocycles. The van der Waals surface area contributed by atoms with Gasteiger partial charge < -0.3 is 4.90 Å². The lowest BCUT2D eigenvalue weighted by atomic mass is 10.1. The van der Waals surface area contributed by atoms with Gasteiger partial charge in [-0.1, -0.05) is 36.4 Å². The third-order valence-corrected chi connectivity index (χ3v) is 4.14. The number of benzene rings is 2. The normalized spacial score (nSPS) is 10.4. The van der Waals surface area contributed by atoms with Crippen LogP contribution in [0.4, 0.5) is 0 Å². The summed E-state index contributed by atoms with van der Waals surface area (Å²) in [6.07, 6.45) is 3.21. The molecule has 0 saturated heterocycles. The van der Waals surface area contributed by atoms with Crippen molar-refractivity contribution in [2.45, 2.75) is 19.3 Å². The lowest BCUT2D eigenvalue weighted by Gasteiger charge is -2.17. The summed E-state index contributed by atoms with van der Waals surface area (Å²) in [4.78, 5) is 14.1. The van der Waals surface area contributed by atoms with E-state index in [-0.39, 0.29) is 5.91 Å². The highest BCUT2D eigenvalue weighted by Gasteiger charge is 2.11. The van der Waals surface area contributed by atoms with E-state index in [2.05, 4.69) is 46.9 Å². The average Bonchev–Trinajstić information content (AvgIpc) is 2.51. The first-order chi connectivity index (χ1) is 10.2. The number of hydrogen-bond acceptors (Lipinski definition) is 1. The van der Waals surface area contributed by atoms with E-state index in [1.165, 1.54) is 5.56 Å². The summed E-state index contributed by atoms with van der Waals surface area (Å²) >= 11 is 2.23. The van der Waals surface area contributed by atoms with Crippen LogP contribution in [0.1, 0.15) is 28.8 Å². The first-order valence-electron chi connectivity index (χ1n) is 7.22. The van der Waals surface area contributed by atoms with Crippen molar-refractivity contribution < 1.29 is 4.79 Å². The Morgan fingerprint density at radius 3 is 2.52 bits per heavy atom. The third-order valence-electron chi connectivity index (χ3n) is 3.47. The molecule has 110 valence electrons. The molecule has 0 aliphatic carbocycles. The van der Waals surface area contributed by atoms with E-state index in [4.69, 9.17) is 0 Å². The molecule has 0 heterocycles. The van der Waals surface area contributed by atoms with Crippen LogP contribution < -0.4 is 0 Å². The van der Waals surface area contributed by atoms with Crippen LogP contribution in [0, 0.1) is 3.57 Å². The van der Waals surface area contributed by atoms with Crippen LogP contribution in [0.3, 0.4) is 0 Å². The highest BCUT2D eigenvalue weighted by molar-refractivity contribution is 14.1. The van der Waals surface area contributed by atoms with Gasteiger partial charge in [-0.2, -0.15) is 0 Å². The van der Waals surface area contributed by atoms with Gasteiger partial charge in [0.25, 0.3) is 5.91 Å². The fourth-order valence-corrected chi connectivity index (χ4v) is 2.81. The SMILES string of the molecule is CN(CCCCc1ccccc1)C(=O)c1cccc(I)c1. The molecular weight excluding hydrogens is 373 g/mol. The third kappa shape index (κ3) is 5.16. The van der Waals surface area contributed by atoms with Crippen LogP contribution in [0.25, 0.3) is 0 Å². The van der Waals surface area contributed by atoms with Crippen LogP contribution in [-0.2, 0) is 6.42 Å². The van der Waals surface area contributed by atoms with Crippen LogP contribution in [0.15, 0.2) is 54.6 Å². The van der Waals surface area contributed by atoms with E-state index < -0.39 is 0 Å². The lowest BCUT2D eigenvalue weighted by Crippen LogP contribution is -2.27. The zero-order valence-electron chi connectivity index (χ0n) is 12.3. The molecule has 0 unspecified atom stereocenters. The molecule has 21 heavy (non-hydrogen) atoms. The quantitative estimate of drug-likeness (QED) is 0.527. The smallest absolute Gasteiger partial charge is 0.253 e. The highest BCUT2D eigenvalue weighted by Crippen LogP contribution is 2.11. The van der Waals surface area contributed by atoms with Gasteiger partial charge in [-0.25, -0.2) is 0 Å². The van der Waals surface area contributed by atoms with Crippen molar-refractivity contribution in [2.75, 3.05) is 13.6 Å². The highest BCUT2D eigenvalue weighted by atomic mass is 127. The van der Waals surface area contributed by atoms with Gasteiger partial charge in [-0.3, -0.25) is 4.79 Å². The molecule has 0 radical (unpaired) electrons. The number of unbranched alkanes of at least 4 members (excludes halogenated alkanes) is 1. The Morgan fingerprint density at radius 1 is 1.05 bits per heavy atom. The summed E-state index contributed by atoms with van der Waals surface area (Å²) in [7, 11) is 1.88. The largest absolute Gasteiger partial charge is 0.342 e. The van der Waals surface area contributed by atoms with E-state index in [1.54, 1.807) is 0 Å². The van der Waals surface area contributed by atoms with Crippen molar-refractivity contribution >= 4 is 28.5 Å². The van der Waals surface area contributed by atoms with Crippen LogP contribution >= 0.6 is 22.6 Å². The molecule has 1 amide bonds. The van der Waals surface area contributed by atoms with Gasteiger partial charge in [0.05, 0.1) is 0 Å². The summed E-state index contributed by atoms with van der Waals surface area (Å²) in [6.45, 7) is 0.803. The molecule has 0 aliphatic rings. The predicted octanol–water partition coefficient (Wildman–Crippen LogP) is 4.39. The number of halogens is 1. The van der Waals surface area contributed by atoms with E-state index in [1.807, 2.05) is 42.3 Å². The minimum atomic E-state index is 0.105. The second-order valence-electron chi connectivity index (χ2n) is 5.18. The zero-order valence-corrected chi connectivity index (χ0v) is 14.4. The van der Waals surface area contributed by atoms with E-state index in [9.17, 15) is 4.79 Å². The number of rotatable bonds is 6. The fraction of sp³-hybridized carbons (Fsp3) is 0.278. The van der Waals surface area contributed by atoms with Crippen molar-refractivity contribution in [2.24, 2.45) is 0 Å². The molecule has 2 aromatic carbocycles. The maximum atomic E-state index is 12.3.